The Balaban J connectivity index is 1.25. The summed E-state index contributed by atoms with van der Waals surface area (Å²) in [5, 5.41) is 7.40. The molecule has 0 saturated carbocycles. The maximum absolute atomic E-state index is 13.5. The fourth-order valence-electron chi connectivity index (χ4n) is 5.12. The molecule has 39 heavy (non-hydrogen) atoms. The summed E-state index contributed by atoms with van der Waals surface area (Å²) < 4.78 is 0. The van der Waals surface area contributed by atoms with Crippen LogP contribution in [0, 0.1) is 0 Å². The Hall–Kier alpha value is -4.24. The highest BCUT2D eigenvalue weighted by atomic mass is 16.2. The lowest BCUT2D eigenvalue weighted by Crippen LogP contribution is -2.45. The van der Waals surface area contributed by atoms with E-state index in [1.54, 1.807) is 0 Å². The zero-order valence-corrected chi connectivity index (χ0v) is 22.3. The molecule has 1 aliphatic heterocycles. The number of carbonyl (C=O) groups excluding carboxylic acids is 2. The van der Waals surface area contributed by atoms with Crippen LogP contribution in [0.1, 0.15) is 35.7 Å². The summed E-state index contributed by atoms with van der Waals surface area (Å²) in [5.41, 5.74) is 3.55. The van der Waals surface area contributed by atoms with Gasteiger partial charge >= 0.3 is 0 Å². The Morgan fingerprint density at radius 2 is 1.85 bits per heavy atom. The molecule has 0 radical (unpaired) electrons. The van der Waals surface area contributed by atoms with Crippen molar-refractivity contribution in [1.29, 1.82) is 0 Å². The van der Waals surface area contributed by atoms with Crippen molar-refractivity contribution in [1.82, 2.24) is 30.5 Å². The van der Waals surface area contributed by atoms with Crippen molar-refractivity contribution in [3.63, 3.8) is 0 Å². The highest BCUT2D eigenvalue weighted by Crippen LogP contribution is 2.30. The number of carbonyl (C=O) groups is 2. The molecule has 2 aromatic carbocycles. The summed E-state index contributed by atoms with van der Waals surface area (Å²) in [6, 6.07) is 20.5. The molecule has 0 atom stereocenters. The lowest BCUT2D eigenvalue weighted by Gasteiger charge is -2.33. The van der Waals surface area contributed by atoms with E-state index in [0.717, 1.165) is 61.4 Å². The summed E-state index contributed by atoms with van der Waals surface area (Å²) in [4.78, 5) is 41.0. The number of hydrogen-bond acceptors (Lipinski definition) is 6. The van der Waals surface area contributed by atoms with Crippen molar-refractivity contribution in [3.05, 3.63) is 84.3 Å². The Morgan fingerprint density at radius 1 is 1.03 bits per heavy atom. The van der Waals surface area contributed by atoms with Gasteiger partial charge in [-0.25, -0.2) is 9.97 Å². The molecule has 0 spiro atoms. The van der Waals surface area contributed by atoms with Gasteiger partial charge in [-0.05, 0) is 55.6 Å². The Labute approximate surface area is 228 Å². The first-order valence-corrected chi connectivity index (χ1v) is 13.5. The molecule has 4 aromatic rings. The fraction of sp³-hybridized carbons (Fsp3) is 0.333. The van der Waals surface area contributed by atoms with Gasteiger partial charge in [0.15, 0.2) is 0 Å². The van der Waals surface area contributed by atoms with Gasteiger partial charge < -0.3 is 25.4 Å². The minimum absolute atomic E-state index is 0.0378. The first-order chi connectivity index (χ1) is 19.1. The summed E-state index contributed by atoms with van der Waals surface area (Å²) in [6.07, 6.45) is 6.24. The Morgan fingerprint density at radius 3 is 2.64 bits per heavy atom. The minimum Gasteiger partial charge on any atom is -0.355 e. The Bertz CT molecular complexity index is 1400. The SMILES string of the molecule is CC(=O)NCCN(c1cccc(C(=O)N2CCC(NCCc3ccccc3)CC2)c1)c1ncnc2[nH]ccc12. The number of fused-ring (bicyclic) bond motifs is 1. The van der Waals surface area contributed by atoms with Crippen molar-refractivity contribution < 1.29 is 9.59 Å². The average molecular weight is 526 g/mol. The van der Waals surface area contributed by atoms with E-state index in [0.29, 0.717) is 24.7 Å². The van der Waals surface area contributed by atoms with E-state index >= 15 is 0 Å². The molecule has 0 aliphatic carbocycles. The zero-order chi connectivity index (χ0) is 27.0. The second kappa shape index (κ2) is 12.5. The van der Waals surface area contributed by atoms with Gasteiger partial charge in [0.05, 0.1) is 5.39 Å². The number of benzene rings is 2. The Kier molecular flexibility index (Phi) is 8.48. The first-order valence-electron chi connectivity index (χ1n) is 13.5. The number of likely N-dealkylation sites (tertiary alicyclic amines) is 1. The third-order valence-electron chi connectivity index (χ3n) is 7.17. The second-order valence-corrected chi connectivity index (χ2v) is 9.88. The maximum atomic E-state index is 13.5. The molecule has 1 saturated heterocycles. The number of piperidine rings is 1. The topological polar surface area (TPSA) is 106 Å². The van der Waals surface area contributed by atoms with Gasteiger partial charge in [-0.1, -0.05) is 36.4 Å². The second-order valence-electron chi connectivity index (χ2n) is 9.88. The van der Waals surface area contributed by atoms with Gasteiger partial charge in [0.1, 0.15) is 17.8 Å². The molecule has 9 nitrogen and oxygen atoms in total. The number of amides is 2. The maximum Gasteiger partial charge on any atom is 0.253 e. The first kappa shape index (κ1) is 26.4. The van der Waals surface area contributed by atoms with Gasteiger partial charge in [0.25, 0.3) is 5.91 Å². The van der Waals surface area contributed by atoms with Crippen LogP contribution in [0.4, 0.5) is 11.5 Å². The lowest BCUT2D eigenvalue weighted by atomic mass is 10.0. The van der Waals surface area contributed by atoms with Crippen LogP contribution in [-0.2, 0) is 11.2 Å². The normalized spacial score (nSPS) is 13.9. The van der Waals surface area contributed by atoms with E-state index in [9.17, 15) is 9.59 Å². The van der Waals surface area contributed by atoms with Gasteiger partial charge in [0, 0.05) is 56.6 Å². The van der Waals surface area contributed by atoms with Gasteiger partial charge in [-0.15, -0.1) is 0 Å². The number of aromatic amines is 1. The van der Waals surface area contributed by atoms with Crippen molar-refractivity contribution in [2.75, 3.05) is 37.6 Å². The molecular weight excluding hydrogens is 490 g/mol. The van der Waals surface area contributed by atoms with Crippen molar-refractivity contribution in [2.24, 2.45) is 0 Å². The van der Waals surface area contributed by atoms with E-state index in [1.165, 1.54) is 18.8 Å². The van der Waals surface area contributed by atoms with Crippen LogP contribution in [0.3, 0.4) is 0 Å². The van der Waals surface area contributed by atoms with Crippen LogP contribution >= 0.6 is 0 Å². The van der Waals surface area contributed by atoms with Crippen molar-refractivity contribution >= 4 is 34.4 Å². The molecule has 3 N–H and O–H groups in total. The summed E-state index contributed by atoms with van der Waals surface area (Å²) in [7, 11) is 0. The molecule has 2 amide bonds. The van der Waals surface area contributed by atoms with Gasteiger partial charge in [0.2, 0.25) is 5.91 Å². The van der Waals surface area contributed by atoms with E-state index in [4.69, 9.17) is 0 Å². The molecule has 5 rings (SSSR count). The van der Waals surface area contributed by atoms with Crippen LogP contribution in [0.25, 0.3) is 11.0 Å². The standard InChI is InChI=1S/C30H35N7O2/c1-22(38)31-16-19-37(29-27-11-15-33-28(27)34-21-35-29)26-9-5-8-24(20-26)30(39)36-17-12-25(13-18-36)32-14-10-23-6-3-2-4-7-23/h2-9,11,15,20-21,25,32H,10,12-14,16-19H2,1H3,(H,31,38)(H,33,34,35). The van der Waals surface area contributed by atoms with Gasteiger partial charge in [-0.3, -0.25) is 9.59 Å². The number of H-pyrrole nitrogens is 1. The average Bonchev–Trinajstić information content (AvgIpc) is 3.45. The third-order valence-corrected chi connectivity index (χ3v) is 7.17. The van der Waals surface area contributed by atoms with E-state index < -0.39 is 0 Å². The smallest absolute Gasteiger partial charge is 0.253 e. The van der Waals surface area contributed by atoms with Crippen LogP contribution < -0.4 is 15.5 Å². The van der Waals surface area contributed by atoms with Crippen molar-refractivity contribution in [2.45, 2.75) is 32.2 Å². The van der Waals surface area contributed by atoms with Crippen LogP contribution in [0.2, 0.25) is 0 Å². The number of aromatic nitrogens is 3. The molecule has 3 heterocycles. The zero-order valence-electron chi connectivity index (χ0n) is 22.3. The predicted molar refractivity (Wildman–Crippen MR) is 153 cm³/mol. The number of rotatable bonds is 10. The summed E-state index contributed by atoms with van der Waals surface area (Å²) >= 11 is 0. The monoisotopic (exact) mass is 525 g/mol. The van der Waals surface area contributed by atoms with Crippen molar-refractivity contribution in [3.8, 4) is 0 Å². The number of anilines is 2. The highest BCUT2D eigenvalue weighted by Gasteiger charge is 2.24. The molecule has 202 valence electrons. The predicted octanol–water partition coefficient (Wildman–Crippen LogP) is 3.67. The van der Waals surface area contributed by atoms with E-state index in [1.807, 2.05) is 52.4 Å². The van der Waals surface area contributed by atoms with E-state index in [2.05, 4.69) is 49.9 Å². The molecule has 0 unspecified atom stereocenters. The quantitative estimate of drug-likeness (QED) is 0.292. The third kappa shape index (κ3) is 6.61. The minimum atomic E-state index is -0.0914. The number of nitrogens with zero attached hydrogens (tertiary/aromatic N) is 4. The lowest BCUT2D eigenvalue weighted by molar-refractivity contribution is -0.118. The molecular formula is C30H35N7O2. The fourth-order valence-corrected chi connectivity index (χ4v) is 5.12. The molecule has 1 fully saturated rings. The molecule has 9 heteroatoms. The number of nitrogens with one attached hydrogen (secondary N) is 3. The summed E-state index contributed by atoms with van der Waals surface area (Å²) in [6.45, 7) is 4.84. The largest absolute Gasteiger partial charge is 0.355 e. The van der Waals surface area contributed by atoms with Gasteiger partial charge in [-0.2, -0.15) is 0 Å². The van der Waals surface area contributed by atoms with Crippen LogP contribution in [0.5, 0.6) is 0 Å². The molecule has 0 bridgehead atoms. The molecule has 1 aliphatic rings. The van der Waals surface area contributed by atoms with E-state index in [-0.39, 0.29) is 11.8 Å². The number of hydrogen-bond donors (Lipinski definition) is 3. The molecule has 2 aromatic heterocycles. The van der Waals surface area contributed by atoms with Crippen LogP contribution in [-0.4, -0.2) is 70.4 Å². The van der Waals surface area contributed by atoms with Crippen LogP contribution in [0.15, 0.2) is 73.2 Å². The summed E-state index contributed by atoms with van der Waals surface area (Å²) in [5.74, 6) is 0.667. The highest BCUT2D eigenvalue weighted by molar-refractivity contribution is 5.96.